The number of amides is 1. The Hall–Kier alpha value is -0.0900. The molecule has 3 nitrogen and oxygen atoms in total. The zero-order valence-electron chi connectivity index (χ0n) is 9.80. The maximum absolute atomic E-state index is 11.7. The van der Waals surface area contributed by atoms with E-state index in [0.717, 1.165) is 19.5 Å². The second kappa shape index (κ2) is 5.71. The average molecular weight is 265 g/mol. The van der Waals surface area contributed by atoms with Gasteiger partial charge in [-0.1, -0.05) is 15.9 Å². The van der Waals surface area contributed by atoms with Gasteiger partial charge in [0.15, 0.2) is 0 Å². The van der Waals surface area contributed by atoms with Crippen molar-refractivity contribution >= 4 is 21.8 Å². The molecule has 0 N–H and O–H groups in total. The van der Waals surface area contributed by atoms with Crippen LogP contribution in [0, 0.1) is 0 Å². The number of alkyl halides is 1. The lowest BCUT2D eigenvalue weighted by Crippen LogP contribution is -2.40. The van der Waals surface area contributed by atoms with Crippen LogP contribution >= 0.6 is 15.9 Å². The van der Waals surface area contributed by atoms with E-state index in [4.69, 9.17) is 0 Å². The normalized spacial score (nSPS) is 11.9. The van der Waals surface area contributed by atoms with Crippen LogP contribution < -0.4 is 0 Å². The molecule has 0 aliphatic carbocycles. The zero-order valence-corrected chi connectivity index (χ0v) is 11.4. The van der Waals surface area contributed by atoms with Gasteiger partial charge in [-0.3, -0.25) is 4.79 Å². The first kappa shape index (κ1) is 13.9. The van der Waals surface area contributed by atoms with Crippen molar-refractivity contribution in [3.8, 4) is 0 Å². The molecule has 0 radical (unpaired) electrons. The van der Waals surface area contributed by atoms with E-state index in [0.29, 0.717) is 0 Å². The molecule has 84 valence electrons. The van der Waals surface area contributed by atoms with E-state index < -0.39 is 4.32 Å². The molecule has 0 aliphatic rings. The van der Waals surface area contributed by atoms with Gasteiger partial charge >= 0.3 is 0 Å². The van der Waals surface area contributed by atoms with Gasteiger partial charge in [0, 0.05) is 13.6 Å². The van der Waals surface area contributed by atoms with Crippen LogP contribution in [0.5, 0.6) is 0 Å². The minimum absolute atomic E-state index is 0.135. The number of hydrogen-bond acceptors (Lipinski definition) is 2. The second-order valence-corrected chi connectivity index (χ2v) is 6.34. The quantitative estimate of drug-likeness (QED) is 0.704. The van der Waals surface area contributed by atoms with E-state index in [1.165, 1.54) is 0 Å². The third-order valence-corrected chi connectivity index (χ3v) is 2.29. The molecule has 0 spiro atoms. The summed E-state index contributed by atoms with van der Waals surface area (Å²) in [7, 11) is 5.92. The van der Waals surface area contributed by atoms with Gasteiger partial charge in [0.05, 0.1) is 4.32 Å². The average Bonchev–Trinajstić information content (AvgIpc) is 2.00. The van der Waals surface area contributed by atoms with Crippen molar-refractivity contribution in [1.29, 1.82) is 0 Å². The summed E-state index contributed by atoms with van der Waals surface area (Å²) in [4.78, 5) is 15.6. The van der Waals surface area contributed by atoms with Crippen molar-refractivity contribution in [2.45, 2.75) is 24.6 Å². The number of nitrogens with zero attached hydrogens (tertiary/aromatic N) is 2. The molecule has 0 bridgehead atoms. The van der Waals surface area contributed by atoms with Gasteiger partial charge in [-0.05, 0) is 40.9 Å². The number of rotatable bonds is 5. The lowest BCUT2D eigenvalue weighted by atomic mass is 10.2. The third-order valence-electron chi connectivity index (χ3n) is 1.95. The third kappa shape index (κ3) is 5.60. The van der Waals surface area contributed by atoms with Crippen LogP contribution in [0.3, 0.4) is 0 Å². The van der Waals surface area contributed by atoms with Gasteiger partial charge in [-0.15, -0.1) is 0 Å². The zero-order chi connectivity index (χ0) is 11.4. The Morgan fingerprint density at radius 2 is 1.71 bits per heavy atom. The van der Waals surface area contributed by atoms with Gasteiger partial charge in [0.2, 0.25) is 5.91 Å². The fourth-order valence-corrected chi connectivity index (χ4v) is 1.48. The number of carbonyl (C=O) groups is 1. The lowest BCUT2D eigenvalue weighted by molar-refractivity contribution is -0.131. The highest BCUT2D eigenvalue weighted by atomic mass is 79.9. The number of hydrogen-bond donors (Lipinski definition) is 0. The van der Waals surface area contributed by atoms with Crippen molar-refractivity contribution in [2.24, 2.45) is 0 Å². The Morgan fingerprint density at radius 1 is 1.21 bits per heavy atom. The van der Waals surface area contributed by atoms with Crippen LogP contribution in [0.4, 0.5) is 0 Å². The first-order chi connectivity index (χ1) is 6.25. The molecular formula is C10H21BrN2O. The van der Waals surface area contributed by atoms with E-state index in [2.05, 4.69) is 20.8 Å². The Balaban J connectivity index is 3.86. The Bertz CT molecular complexity index is 187. The van der Waals surface area contributed by atoms with Gasteiger partial charge in [0.25, 0.3) is 0 Å². The van der Waals surface area contributed by atoms with Crippen LogP contribution in [-0.2, 0) is 4.79 Å². The molecule has 0 saturated heterocycles. The maximum Gasteiger partial charge on any atom is 0.238 e. The number of halogens is 1. The summed E-state index contributed by atoms with van der Waals surface area (Å²) in [6.07, 6.45) is 1.01. The van der Waals surface area contributed by atoms with Crippen LogP contribution in [-0.4, -0.2) is 54.3 Å². The number of carbonyl (C=O) groups excluding carboxylic acids is 1. The summed E-state index contributed by atoms with van der Waals surface area (Å²) in [5.41, 5.74) is 0. The van der Waals surface area contributed by atoms with Crippen LogP contribution in [0.1, 0.15) is 20.3 Å². The van der Waals surface area contributed by atoms with Gasteiger partial charge < -0.3 is 9.80 Å². The van der Waals surface area contributed by atoms with Crippen molar-refractivity contribution in [3.63, 3.8) is 0 Å². The smallest absolute Gasteiger partial charge is 0.238 e. The topological polar surface area (TPSA) is 23.6 Å². The molecule has 0 fully saturated rings. The van der Waals surface area contributed by atoms with Gasteiger partial charge in [-0.25, -0.2) is 0 Å². The highest BCUT2D eigenvalue weighted by Gasteiger charge is 2.26. The molecular weight excluding hydrogens is 244 g/mol. The van der Waals surface area contributed by atoms with E-state index in [1.54, 1.807) is 4.90 Å². The lowest BCUT2D eigenvalue weighted by Gasteiger charge is -2.25. The first-order valence-electron chi connectivity index (χ1n) is 4.84. The van der Waals surface area contributed by atoms with Crippen molar-refractivity contribution < 1.29 is 4.79 Å². The monoisotopic (exact) mass is 264 g/mol. The highest BCUT2D eigenvalue weighted by molar-refractivity contribution is 9.10. The summed E-state index contributed by atoms with van der Waals surface area (Å²) in [6.45, 7) is 5.57. The van der Waals surface area contributed by atoms with Crippen molar-refractivity contribution in [3.05, 3.63) is 0 Å². The highest BCUT2D eigenvalue weighted by Crippen LogP contribution is 2.18. The molecule has 1 amide bonds. The van der Waals surface area contributed by atoms with E-state index in [-0.39, 0.29) is 5.91 Å². The molecule has 0 aromatic carbocycles. The molecule has 4 heteroatoms. The SMILES string of the molecule is CN(C)CCCN(C)C(=O)C(C)(C)Br. The van der Waals surface area contributed by atoms with E-state index in [1.807, 2.05) is 35.0 Å². The molecule has 0 heterocycles. The summed E-state index contributed by atoms with van der Waals surface area (Å²) >= 11 is 3.36. The summed E-state index contributed by atoms with van der Waals surface area (Å²) < 4.78 is -0.445. The van der Waals surface area contributed by atoms with Crippen LogP contribution in [0.2, 0.25) is 0 Å². The maximum atomic E-state index is 11.7. The minimum Gasteiger partial charge on any atom is -0.345 e. The predicted molar refractivity (Wildman–Crippen MR) is 63.8 cm³/mol. The molecule has 14 heavy (non-hydrogen) atoms. The van der Waals surface area contributed by atoms with E-state index >= 15 is 0 Å². The van der Waals surface area contributed by atoms with Crippen molar-refractivity contribution in [2.75, 3.05) is 34.2 Å². The molecule has 0 aromatic heterocycles. The predicted octanol–water partition coefficient (Wildman–Crippen LogP) is 1.57. The van der Waals surface area contributed by atoms with Crippen molar-refractivity contribution in [1.82, 2.24) is 9.80 Å². The molecule has 0 aliphatic heterocycles. The van der Waals surface area contributed by atoms with E-state index in [9.17, 15) is 4.79 Å². The first-order valence-corrected chi connectivity index (χ1v) is 5.63. The fraction of sp³-hybridized carbons (Fsp3) is 0.900. The van der Waals surface area contributed by atoms with Gasteiger partial charge in [-0.2, -0.15) is 0 Å². The molecule has 0 atom stereocenters. The summed E-state index contributed by atoms with van der Waals surface area (Å²) in [6, 6.07) is 0. The standard InChI is InChI=1S/C10H21BrN2O/c1-10(2,11)9(14)13(5)8-6-7-12(3)4/h6-8H2,1-5H3. The fourth-order valence-electron chi connectivity index (χ4n) is 1.18. The van der Waals surface area contributed by atoms with Crippen LogP contribution in [0.15, 0.2) is 0 Å². The summed E-state index contributed by atoms with van der Waals surface area (Å²) in [5, 5.41) is 0. The minimum atomic E-state index is -0.445. The molecule has 0 saturated carbocycles. The molecule has 0 aromatic rings. The Labute approximate surface area is 95.6 Å². The van der Waals surface area contributed by atoms with Gasteiger partial charge in [0.1, 0.15) is 0 Å². The largest absolute Gasteiger partial charge is 0.345 e. The second-order valence-electron chi connectivity index (χ2n) is 4.36. The Kier molecular flexibility index (Phi) is 5.67. The Morgan fingerprint density at radius 3 is 2.07 bits per heavy atom. The van der Waals surface area contributed by atoms with Crippen LogP contribution in [0.25, 0.3) is 0 Å². The summed E-state index contributed by atoms with van der Waals surface area (Å²) in [5.74, 6) is 0.135. The molecule has 0 unspecified atom stereocenters. The molecule has 0 rings (SSSR count).